The van der Waals surface area contributed by atoms with Gasteiger partial charge in [0.25, 0.3) is 0 Å². The van der Waals surface area contributed by atoms with Crippen LogP contribution in [0.15, 0.2) is 18.2 Å². The second-order valence-corrected chi connectivity index (χ2v) is 5.29. The van der Waals surface area contributed by atoms with Gasteiger partial charge in [-0.25, -0.2) is 4.39 Å². The minimum atomic E-state index is -0.364. The van der Waals surface area contributed by atoms with Crippen molar-refractivity contribution in [1.29, 1.82) is 0 Å². The van der Waals surface area contributed by atoms with Gasteiger partial charge in [0, 0.05) is 19.6 Å². The molecule has 2 rings (SSSR count). The average molecular weight is 252 g/mol. The lowest BCUT2D eigenvalue weighted by molar-refractivity contribution is -0.0333. The van der Waals surface area contributed by atoms with Gasteiger partial charge in [-0.1, -0.05) is 19.9 Å². The van der Waals surface area contributed by atoms with Crippen LogP contribution in [0.3, 0.4) is 0 Å². The lowest BCUT2D eigenvalue weighted by Gasteiger charge is -2.34. The van der Waals surface area contributed by atoms with E-state index >= 15 is 0 Å². The van der Waals surface area contributed by atoms with Gasteiger partial charge in [-0.2, -0.15) is 0 Å². The molecule has 0 saturated carbocycles. The zero-order valence-electron chi connectivity index (χ0n) is 11.0. The Morgan fingerprint density at radius 2 is 2.28 bits per heavy atom. The first kappa shape index (κ1) is 13.3. The van der Waals surface area contributed by atoms with Crippen LogP contribution in [0.25, 0.3) is 0 Å². The zero-order chi connectivity index (χ0) is 13.1. The van der Waals surface area contributed by atoms with Gasteiger partial charge in [0.2, 0.25) is 0 Å². The van der Waals surface area contributed by atoms with Crippen LogP contribution in [0.4, 0.5) is 10.1 Å². The maximum atomic E-state index is 13.4. The molecule has 0 aromatic heterocycles. The summed E-state index contributed by atoms with van der Waals surface area (Å²) in [5, 5.41) is 0. The van der Waals surface area contributed by atoms with Gasteiger partial charge in [-0.3, -0.25) is 4.90 Å². The number of nitrogen functional groups attached to an aromatic ring is 1. The van der Waals surface area contributed by atoms with E-state index in [0.29, 0.717) is 12.5 Å². The van der Waals surface area contributed by atoms with Gasteiger partial charge < -0.3 is 10.5 Å². The van der Waals surface area contributed by atoms with Gasteiger partial charge in [0.1, 0.15) is 5.82 Å². The summed E-state index contributed by atoms with van der Waals surface area (Å²) in [4.78, 5) is 2.37. The number of hydrogen-bond acceptors (Lipinski definition) is 3. The highest BCUT2D eigenvalue weighted by molar-refractivity contribution is 5.41. The second-order valence-electron chi connectivity index (χ2n) is 5.29. The van der Waals surface area contributed by atoms with E-state index in [2.05, 4.69) is 18.7 Å². The Morgan fingerprint density at radius 1 is 1.50 bits per heavy atom. The summed E-state index contributed by atoms with van der Waals surface area (Å²) in [6, 6.07) is 4.94. The van der Waals surface area contributed by atoms with E-state index in [-0.39, 0.29) is 17.6 Å². The third-order valence-corrected chi connectivity index (χ3v) is 3.17. The van der Waals surface area contributed by atoms with Crippen LogP contribution in [-0.4, -0.2) is 31.1 Å². The maximum Gasteiger partial charge on any atom is 0.146 e. The van der Waals surface area contributed by atoms with Crippen LogP contribution >= 0.6 is 0 Å². The van der Waals surface area contributed by atoms with Gasteiger partial charge >= 0.3 is 0 Å². The van der Waals surface area contributed by atoms with Crippen molar-refractivity contribution in [2.24, 2.45) is 5.92 Å². The fraction of sp³-hybridized carbons (Fsp3) is 0.571. The van der Waals surface area contributed by atoms with Crippen molar-refractivity contribution >= 4 is 5.69 Å². The lowest BCUT2D eigenvalue weighted by atomic mass is 10.1. The number of rotatable bonds is 3. The molecular weight excluding hydrogens is 231 g/mol. The summed E-state index contributed by atoms with van der Waals surface area (Å²) in [5.41, 5.74) is 6.54. The van der Waals surface area contributed by atoms with Gasteiger partial charge in [-0.05, 0) is 23.6 Å². The monoisotopic (exact) mass is 252 g/mol. The summed E-state index contributed by atoms with van der Waals surface area (Å²) in [6.45, 7) is 7.93. The lowest BCUT2D eigenvalue weighted by Crippen LogP contribution is -2.40. The Bertz CT molecular complexity index is 409. The summed E-state index contributed by atoms with van der Waals surface area (Å²) < 4.78 is 19.2. The van der Waals surface area contributed by atoms with E-state index in [1.165, 1.54) is 6.07 Å². The van der Waals surface area contributed by atoms with Crippen molar-refractivity contribution in [2.45, 2.75) is 20.0 Å². The molecule has 1 aliphatic rings. The molecule has 0 radical (unpaired) electrons. The minimum Gasteiger partial charge on any atom is -0.396 e. The van der Waals surface area contributed by atoms with E-state index in [0.717, 1.165) is 25.2 Å². The third kappa shape index (κ3) is 3.21. The fourth-order valence-electron chi connectivity index (χ4n) is 2.33. The number of hydrogen-bond donors (Lipinski definition) is 1. The van der Waals surface area contributed by atoms with Crippen molar-refractivity contribution in [3.05, 3.63) is 29.6 Å². The molecule has 3 nitrogen and oxygen atoms in total. The zero-order valence-corrected chi connectivity index (χ0v) is 11.0. The first-order valence-corrected chi connectivity index (χ1v) is 6.45. The number of benzene rings is 1. The summed E-state index contributed by atoms with van der Waals surface area (Å²) >= 11 is 0. The summed E-state index contributed by atoms with van der Waals surface area (Å²) in [7, 11) is 0. The molecule has 1 aliphatic heterocycles. The SMILES string of the molecule is CC(C)CN1CCO[C@H](c2ccc(N)c(F)c2)C1. The van der Waals surface area contributed by atoms with Crippen molar-refractivity contribution in [3.8, 4) is 0 Å². The molecular formula is C14H21FN2O. The predicted molar refractivity (Wildman–Crippen MR) is 70.8 cm³/mol. The van der Waals surface area contributed by atoms with E-state index < -0.39 is 0 Å². The molecule has 0 unspecified atom stereocenters. The van der Waals surface area contributed by atoms with Gasteiger partial charge in [-0.15, -0.1) is 0 Å². The minimum absolute atomic E-state index is 0.0485. The molecule has 1 aromatic carbocycles. The number of morpholine rings is 1. The van der Waals surface area contributed by atoms with E-state index in [1.807, 2.05) is 6.07 Å². The van der Waals surface area contributed by atoms with Crippen LogP contribution in [0.5, 0.6) is 0 Å². The number of anilines is 1. The van der Waals surface area contributed by atoms with E-state index in [1.54, 1.807) is 6.07 Å². The highest BCUT2D eigenvalue weighted by atomic mass is 19.1. The molecule has 2 N–H and O–H groups in total. The second kappa shape index (κ2) is 5.67. The van der Waals surface area contributed by atoms with Crippen LogP contribution in [-0.2, 0) is 4.74 Å². The van der Waals surface area contributed by atoms with Crippen LogP contribution in [0.1, 0.15) is 25.5 Å². The molecule has 0 aliphatic carbocycles. The quantitative estimate of drug-likeness (QED) is 0.840. The molecule has 18 heavy (non-hydrogen) atoms. The molecule has 1 heterocycles. The number of nitrogens with zero attached hydrogens (tertiary/aromatic N) is 1. The predicted octanol–water partition coefficient (Wildman–Crippen LogP) is 2.44. The Morgan fingerprint density at radius 3 is 2.94 bits per heavy atom. The first-order valence-electron chi connectivity index (χ1n) is 6.45. The fourth-order valence-corrected chi connectivity index (χ4v) is 2.33. The standard InChI is InChI=1S/C14H21FN2O/c1-10(2)8-17-5-6-18-14(9-17)11-3-4-13(16)12(15)7-11/h3-4,7,10,14H,5-6,8-9,16H2,1-2H3/t14-/m0/s1. The van der Waals surface area contributed by atoms with Crippen molar-refractivity contribution in [3.63, 3.8) is 0 Å². The molecule has 1 saturated heterocycles. The highest BCUT2D eigenvalue weighted by Crippen LogP contribution is 2.25. The van der Waals surface area contributed by atoms with Crippen molar-refractivity contribution in [2.75, 3.05) is 32.0 Å². The van der Waals surface area contributed by atoms with Crippen LogP contribution < -0.4 is 5.73 Å². The third-order valence-electron chi connectivity index (χ3n) is 3.17. The molecule has 1 atom stereocenters. The Kier molecular flexibility index (Phi) is 4.19. The smallest absolute Gasteiger partial charge is 0.146 e. The molecule has 0 spiro atoms. The van der Waals surface area contributed by atoms with Gasteiger partial charge in [0.15, 0.2) is 0 Å². The average Bonchev–Trinajstić information content (AvgIpc) is 2.32. The number of nitrogens with two attached hydrogens (primary N) is 1. The molecule has 1 aromatic rings. The molecule has 1 fully saturated rings. The molecule has 0 amide bonds. The summed E-state index contributed by atoms with van der Waals surface area (Å²) in [5.74, 6) is 0.268. The highest BCUT2D eigenvalue weighted by Gasteiger charge is 2.22. The van der Waals surface area contributed by atoms with E-state index in [4.69, 9.17) is 10.5 Å². The molecule has 100 valence electrons. The maximum absolute atomic E-state index is 13.4. The molecule has 0 bridgehead atoms. The topological polar surface area (TPSA) is 38.5 Å². The van der Waals surface area contributed by atoms with Gasteiger partial charge in [0.05, 0.1) is 18.4 Å². The number of ether oxygens (including phenoxy) is 1. The van der Waals surface area contributed by atoms with E-state index in [9.17, 15) is 4.39 Å². The Balaban J connectivity index is 2.05. The Hall–Kier alpha value is -1.13. The summed E-state index contributed by atoms with van der Waals surface area (Å²) in [6.07, 6.45) is -0.0485. The van der Waals surface area contributed by atoms with Crippen molar-refractivity contribution in [1.82, 2.24) is 4.90 Å². The van der Waals surface area contributed by atoms with Crippen molar-refractivity contribution < 1.29 is 9.13 Å². The largest absolute Gasteiger partial charge is 0.396 e. The normalized spacial score (nSPS) is 21.4. The molecule has 4 heteroatoms. The van der Waals surface area contributed by atoms with Crippen LogP contribution in [0.2, 0.25) is 0 Å². The van der Waals surface area contributed by atoms with Crippen LogP contribution in [0, 0.1) is 11.7 Å². The number of halogens is 1. The first-order chi connectivity index (χ1) is 8.56. The Labute approximate surface area is 108 Å².